The van der Waals surface area contributed by atoms with Crippen molar-refractivity contribution in [1.82, 2.24) is 19.6 Å². The molecule has 0 radical (unpaired) electrons. The van der Waals surface area contributed by atoms with Gasteiger partial charge in [0.25, 0.3) is 0 Å². The zero-order chi connectivity index (χ0) is 14.4. The zero-order valence-electron chi connectivity index (χ0n) is 10.7. The van der Waals surface area contributed by atoms with Crippen molar-refractivity contribution < 1.29 is 0 Å². The second-order valence-corrected chi connectivity index (χ2v) is 6.00. The smallest absolute Gasteiger partial charge is 0.199 e. The van der Waals surface area contributed by atoms with E-state index in [1.165, 1.54) is 0 Å². The van der Waals surface area contributed by atoms with Gasteiger partial charge in [-0.2, -0.15) is 0 Å². The minimum absolute atomic E-state index is 0.343. The molecule has 7 heteroatoms. The molecule has 0 saturated carbocycles. The summed E-state index contributed by atoms with van der Waals surface area (Å²) in [4.78, 5) is 4.25. The van der Waals surface area contributed by atoms with E-state index in [1.807, 2.05) is 36.4 Å². The lowest BCUT2D eigenvalue weighted by molar-refractivity contribution is 1.000. The number of aryl methyl sites for hydroxylation is 2. The fourth-order valence-corrected chi connectivity index (χ4v) is 2.67. The number of aromatic nitrogens is 4. The van der Waals surface area contributed by atoms with Crippen LogP contribution in [0.4, 0.5) is 0 Å². The van der Waals surface area contributed by atoms with Crippen LogP contribution < -0.4 is 0 Å². The van der Waals surface area contributed by atoms with Crippen LogP contribution in [0.5, 0.6) is 0 Å². The van der Waals surface area contributed by atoms with Crippen LogP contribution in [-0.4, -0.2) is 19.6 Å². The van der Waals surface area contributed by atoms with E-state index in [0.717, 1.165) is 21.4 Å². The molecule has 2 heterocycles. The monoisotopic (exact) mass is 370 g/mol. The molecule has 0 amide bonds. The summed E-state index contributed by atoms with van der Waals surface area (Å²) in [5.41, 5.74) is 3.20. The molecule has 0 saturated heterocycles. The highest BCUT2D eigenvalue weighted by Crippen LogP contribution is 2.29. The third-order valence-electron chi connectivity index (χ3n) is 3.15. The number of hydrogen-bond acceptors (Lipinski definition) is 3. The highest BCUT2D eigenvalue weighted by atomic mass is 79.9. The lowest BCUT2D eigenvalue weighted by Crippen LogP contribution is -2.00. The van der Waals surface area contributed by atoms with Gasteiger partial charge in [0.2, 0.25) is 0 Å². The van der Waals surface area contributed by atoms with Crippen LogP contribution in [0.3, 0.4) is 0 Å². The first kappa shape index (κ1) is 13.8. The normalized spacial score (nSPS) is 11.2. The fraction of sp³-hybridized carbons (Fsp3) is 0.154. The first-order valence-electron chi connectivity index (χ1n) is 5.82. The molecule has 1 aromatic carbocycles. The van der Waals surface area contributed by atoms with E-state index in [4.69, 9.17) is 23.2 Å². The largest absolute Gasteiger partial charge is 0.275 e. The molecule has 0 spiro atoms. The van der Waals surface area contributed by atoms with Crippen LogP contribution in [0.1, 0.15) is 11.4 Å². The number of benzene rings is 1. The molecule has 0 aliphatic heterocycles. The van der Waals surface area contributed by atoms with Gasteiger partial charge >= 0.3 is 0 Å². The van der Waals surface area contributed by atoms with E-state index in [-0.39, 0.29) is 0 Å². The third kappa shape index (κ3) is 2.10. The van der Waals surface area contributed by atoms with Gasteiger partial charge in [-0.05, 0) is 48.0 Å². The predicted octanol–water partition coefficient (Wildman–Crippen LogP) is 4.48. The van der Waals surface area contributed by atoms with Crippen molar-refractivity contribution in [3.05, 3.63) is 44.2 Å². The van der Waals surface area contributed by atoms with Crippen LogP contribution in [0.2, 0.25) is 10.2 Å². The summed E-state index contributed by atoms with van der Waals surface area (Å²) >= 11 is 15.6. The molecule has 0 bridgehead atoms. The summed E-state index contributed by atoms with van der Waals surface area (Å²) in [6, 6.07) is 5.64. The molecule has 0 atom stereocenters. The Morgan fingerprint density at radius 3 is 2.60 bits per heavy atom. The van der Waals surface area contributed by atoms with E-state index in [2.05, 4.69) is 31.1 Å². The molecular formula is C13H9BrCl2N4. The predicted molar refractivity (Wildman–Crippen MR) is 83.4 cm³/mol. The molecule has 3 rings (SSSR count). The van der Waals surface area contributed by atoms with Crippen LogP contribution in [0, 0.1) is 13.8 Å². The van der Waals surface area contributed by atoms with Gasteiger partial charge in [0.1, 0.15) is 0 Å². The average Bonchev–Trinajstić information content (AvgIpc) is 2.85. The number of fused-ring (bicyclic) bond motifs is 1. The van der Waals surface area contributed by atoms with Crippen LogP contribution in [0.15, 0.2) is 22.7 Å². The van der Waals surface area contributed by atoms with Gasteiger partial charge in [-0.1, -0.05) is 23.2 Å². The minimum Gasteiger partial charge on any atom is -0.275 e. The summed E-state index contributed by atoms with van der Waals surface area (Å²) < 4.78 is 2.73. The maximum Gasteiger partial charge on any atom is 0.199 e. The van der Waals surface area contributed by atoms with Gasteiger partial charge in [0.05, 0.1) is 10.7 Å². The van der Waals surface area contributed by atoms with Gasteiger partial charge < -0.3 is 0 Å². The Morgan fingerprint density at radius 1 is 1.15 bits per heavy atom. The molecule has 0 fully saturated rings. The molecule has 20 heavy (non-hydrogen) atoms. The number of rotatable bonds is 1. The molecule has 4 nitrogen and oxygen atoms in total. The molecule has 0 aliphatic carbocycles. The highest BCUT2D eigenvalue weighted by molar-refractivity contribution is 9.10. The van der Waals surface area contributed by atoms with Crippen LogP contribution in [-0.2, 0) is 0 Å². The van der Waals surface area contributed by atoms with E-state index in [9.17, 15) is 0 Å². The summed E-state index contributed by atoms with van der Waals surface area (Å²) in [5, 5.41) is 9.29. The average molecular weight is 372 g/mol. The van der Waals surface area contributed by atoms with E-state index < -0.39 is 0 Å². The maximum absolute atomic E-state index is 6.14. The topological polar surface area (TPSA) is 43.1 Å². The van der Waals surface area contributed by atoms with Crippen molar-refractivity contribution in [3.63, 3.8) is 0 Å². The van der Waals surface area contributed by atoms with Crippen LogP contribution >= 0.6 is 39.1 Å². The van der Waals surface area contributed by atoms with Gasteiger partial charge in [-0.25, -0.2) is 4.98 Å². The van der Waals surface area contributed by atoms with E-state index in [1.54, 1.807) is 0 Å². The number of nitrogens with zero attached hydrogens (tertiary/aromatic N) is 4. The van der Waals surface area contributed by atoms with E-state index in [0.29, 0.717) is 21.6 Å². The first-order valence-corrected chi connectivity index (χ1v) is 7.37. The van der Waals surface area contributed by atoms with Crippen molar-refractivity contribution >= 4 is 44.8 Å². The second kappa shape index (κ2) is 4.98. The van der Waals surface area contributed by atoms with Crippen molar-refractivity contribution in [2.75, 3.05) is 0 Å². The lowest BCUT2D eigenvalue weighted by Gasteiger charge is -2.07. The van der Waals surface area contributed by atoms with Gasteiger partial charge in [0.15, 0.2) is 16.6 Å². The van der Waals surface area contributed by atoms with E-state index >= 15 is 0 Å². The SMILES string of the molecule is Cc1nc(Cl)c2nnc(-c3ccc(Br)c(Cl)c3)n2c1C. The quantitative estimate of drug-likeness (QED) is 0.633. The van der Waals surface area contributed by atoms with Gasteiger partial charge in [0, 0.05) is 15.7 Å². The molecule has 0 unspecified atom stereocenters. The number of hydrogen-bond donors (Lipinski definition) is 0. The summed E-state index contributed by atoms with van der Waals surface area (Å²) in [7, 11) is 0. The lowest BCUT2D eigenvalue weighted by atomic mass is 10.2. The molecule has 3 aromatic rings. The zero-order valence-corrected chi connectivity index (χ0v) is 13.8. The Morgan fingerprint density at radius 2 is 1.90 bits per heavy atom. The standard InChI is InChI=1S/C13H9BrCl2N4/c1-6-7(2)20-12(18-19-13(20)11(16)17-6)8-3-4-9(14)10(15)5-8/h3-5H,1-2H3. The molecule has 102 valence electrons. The fourth-order valence-electron chi connectivity index (χ4n) is 2.00. The first-order chi connectivity index (χ1) is 9.49. The van der Waals surface area contributed by atoms with Crippen LogP contribution in [0.25, 0.3) is 17.0 Å². The Balaban J connectivity index is 2.34. The Bertz CT molecular complexity index is 829. The molecule has 2 aromatic heterocycles. The summed E-state index contributed by atoms with van der Waals surface area (Å²) in [6.07, 6.45) is 0. The van der Waals surface area contributed by atoms with Crippen molar-refractivity contribution in [1.29, 1.82) is 0 Å². The Kier molecular flexibility index (Phi) is 3.44. The third-order valence-corrected chi connectivity index (χ3v) is 4.64. The molecule has 0 aliphatic rings. The Labute approximate surface area is 133 Å². The molecule has 0 N–H and O–H groups in total. The van der Waals surface area contributed by atoms with Crippen molar-refractivity contribution in [3.8, 4) is 11.4 Å². The second-order valence-electron chi connectivity index (χ2n) is 4.38. The van der Waals surface area contributed by atoms with Gasteiger partial charge in [-0.3, -0.25) is 4.40 Å². The van der Waals surface area contributed by atoms with Crippen molar-refractivity contribution in [2.24, 2.45) is 0 Å². The Hall–Kier alpha value is -1.17. The van der Waals surface area contributed by atoms with Gasteiger partial charge in [-0.15, -0.1) is 10.2 Å². The van der Waals surface area contributed by atoms with Crippen molar-refractivity contribution in [2.45, 2.75) is 13.8 Å². The maximum atomic E-state index is 6.14. The number of halogens is 3. The molecular weight excluding hydrogens is 363 g/mol. The highest BCUT2D eigenvalue weighted by Gasteiger charge is 2.16. The summed E-state index contributed by atoms with van der Waals surface area (Å²) in [6.45, 7) is 3.86. The summed E-state index contributed by atoms with van der Waals surface area (Å²) in [5.74, 6) is 0.694. The minimum atomic E-state index is 0.343.